The Morgan fingerprint density at radius 2 is 1.33 bits per heavy atom. The number of hydrogen-bond donors (Lipinski definition) is 2. The molecule has 0 saturated carbocycles. The van der Waals surface area contributed by atoms with Crippen LogP contribution in [0.25, 0.3) is 0 Å². The third kappa shape index (κ3) is 76.4. The summed E-state index contributed by atoms with van der Waals surface area (Å²) in [7, 11) is 0. The Kier molecular flexibility index (Phi) is 24.6. The number of rotatable bonds is 0. The van der Waals surface area contributed by atoms with Crippen LogP contribution in [0.1, 0.15) is 0 Å². The Morgan fingerprint density at radius 1 is 1.33 bits per heavy atom. The van der Waals surface area contributed by atoms with Crippen molar-refractivity contribution in [2.45, 2.75) is 0 Å². The zero-order valence-electron chi connectivity index (χ0n) is 2.14. The second kappa shape index (κ2) is 9.40. The summed E-state index contributed by atoms with van der Waals surface area (Å²) in [6.07, 6.45) is -1.83. The summed E-state index contributed by atoms with van der Waals surface area (Å²) in [5, 5.41) is 13.9. The Bertz CT molecular complexity index is 33.8. The number of carboxylic acid groups (broad SMARTS) is 2. The van der Waals surface area contributed by atoms with Gasteiger partial charge in [0.15, 0.2) is 0 Å². The van der Waals surface area contributed by atoms with Crippen molar-refractivity contribution < 1.29 is 31.8 Å². The summed E-state index contributed by atoms with van der Waals surface area (Å²) in [4.78, 5) is 8.56. The fourth-order valence-electron chi connectivity index (χ4n) is 0. The first kappa shape index (κ1) is 15.7. The number of carbonyl (C=O) groups is 1. The van der Waals surface area contributed by atoms with Crippen LogP contribution < -0.4 is 0 Å². The summed E-state index contributed by atoms with van der Waals surface area (Å²) < 4.78 is 0. The molecule has 0 rings (SSSR count). The molecule has 37 valence electrons. The molecule has 6 heavy (non-hydrogen) atoms. The average Bonchev–Trinajstić information content (AvgIpc) is 0.811. The van der Waals surface area contributed by atoms with Gasteiger partial charge in [0.25, 0.3) is 0 Å². The van der Waals surface area contributed by atoms with E-state index >= 15 is 0 Å². The smallest absolute Gasteiger partial charge is 0 e. The molecule has 0 amide bonds. The monoisotopic (exact) mass is 163 g/mol. The zero-order valence-corrected chi connectivity index (χ0v) is 3.18. The fourth-order valence-corrected chi connectivity index (χ4v) is 0. The van der Waals surface area contributed by atoms with E-state index in [1.54, 1.807) is 0 Å². The van der Waals surface area contributed by atoms with E-state index in [2.05, 4.69) is 0 Å². The maximum Gasteiger partial charge on any atom is 0 e. The molecule has 5 heteroatoms. The molecule has 0 unspecified atom stereocenters. The normalized spacial score (nSPS) is 4.00. The van der Waals surface area contributed by atoms with Crippen molar-refractivity contribution >= 4 is 43.9 Å². The standard InChI is InChI=1S/CH2O3.Ca.Co.2H/c2-1(3)4;;;;/h(H2,2,3,4);;;;. The van der Waals surface area contributed by atoms with Gasteiger partial charge in [0, 0.05) is 16.8 Å². The molecule has 0 atom stereocenters. The summed E-state index contributed by atoms with van der Waals surface area (Å²) in [6.45, 7) is 0. The second-order valence-electron chi connectivity index (χ2n) is 0.283. The zero-order chi connectivity index (χ0) is 3.58. The van der Waals surface area contributed by atoms with Crippen molar-refractivity contribution in [2.24, 2.45) is 0 Å². The van der Waals surface area contributed by atoms with Gasteiger partial charge in [-0.3, -0.25) is 0 Å². The quantitative estimate of drug-likeness (QED) is 0.464. The molecule has 0 aliphatic carbocycles. The number of hydrogen-bond acceptors (Lipinski definition) is 1. The van der Waals surface area contributed by atoms with E-state index in [1.165, 1.54) is 0 Å². The van der Waals surface area contributed by atoms with Crippen LogP contribution in [0.5, 0.6) is 0 Å². The molecule has 0 aliphatic heterocycles. The first-order valence-electron chi connectivity index (χ1n) is 0.651. The molecule has 0 aromatic carbocycles. The van der Waals surface area contributed by atoms with E-state index in [9.17, 15) is 0 Å². The van der Waals surface area contributed by atoms with E-state index in [0.29, 0.717) is 0 Å². The Balaban J connectivity index is -0.0000000450. The van der Waals surface area contributed by atoms with Crippen LogP contribution in [-0.4, -0.2) is 54.1 Å². The van der Waals surface area contributed by atoms with Gasteiger partial charge < -0.3 is 10.2 Å². The largest absolute Gasteiger partial charge is 0 e. The van der Waals surface area contributed by atoms with Gasteiger partial charge in [-0.15, -0.1) is 0 Å². The van der Waals surface area contributed by atoms with Gasteiger partial charge in [-0.1, -0.05) is 0 Å². The molecule has 0 aromatic rings. The topological polar surface area (TPSA) is 57.5 Å². The maximum absolute atomic E-state index is 8.56. The SMILES string of the molecule is O=C(O)O.[CaH2].[Co]. The van der Waals surface area contributed by atoms with Gasteiger partial charge in [0.2, 0.25) is 0 Å². The summed E-state index contributed by atoms with van der Waals surface area (Å²) >= 11 is 0. The second-order valence-corrected chi connectivity index (χ2v) is 0.283. The van der Waals surface area contributed by atoms with Crippen LogP contribution in [0, 0.1) is 0 Å². The van der Waals surface area contributed by atoms with Gasteiger partial charge in [-0.25, -0.2) is 4.79 Å². The van der Waals surface area contributed by atoms with Crippen LogP contribution in [0.3, 0.4) is 0 Å². The first-order valence-corrected chi connectivity index (χ1v) is 0.651. The van der Waals surface area contributed by atoms with Crippen molar-refractivity contribution in [3.05, 3.63) is 0 Å². The Hall–Kier alpha value is 1.04. The van der Waals surface area contributed by atoms with E-state index in [1.807, 2.05) is 0 Å². The van der Waals surface area contributed by atoms with Crippen molar-refractivity contribution in [2.75, 3.05) is 0 Å². The summed E-state index contributed by atoms with van der Waals surface area (Å²) in [5.41, 5.74) is 0. The molecular weight excluding hydrogens is 159 g/mol. The Morgan fingerprint density at radius 3 is 1.33 bits per heavy atom. The third-order valence-corrected chi connectivity index (χ3v) is 0. The summed E-state index contributed by atoms with van der Waals surface area (Å²) in [6, 6.07) is 0. The minimum atomic E-state index is -1.83. The minimum absolute atomic E-state index is 0. The minimum Gasteiger partial charge on any atom is 0 e. The molecule has 3 nitrogen and oxygen atoms in total. The maximum atomic E-state index is 8.56. The predicted octanol–water partition coefficient (Wildman–Crippen LogP) is -0.696. The van der Waals surface area contributed by atoms with Crippen molar-refractivity contribution in [3.8, 4) is 0 Å². The Labute approximate surface area is 74.9 Å². The van der Waals surface area contributed by atoms with E-state index < -0.39 is 6.16 Å². The molecule has 1 radical (unpaired) electrons. The molecule has 0 heterocycles. The van der Waals surface area contributed by atoms with E-state index in [-0.39, 0.29) is 54.5 Å². The van der Waals surface area contributed by atoms with Gasteiger partial charge in [0.05, 0.1) is 0 Å². The van der Waals surface area contributed by atoms with E-state index in [4.69, 9.17) is 15.0 Å². The van der Waals surface area contributed by atoms with Crippen LogP contribution >= 0.6 is 0 Å². The van der Waals surface area contributed by atoms with E-state index in [0.717, 1.165) is 0 Å². The molecule has 2 N–H and O–H groups in total. The van der Waals surface area contributed by atoms with Gasteiger partial charge >= 0.3 is 43.9 Å². The first-order chi connectivity index (χ1) is 1.73. The molecular formula is CH4CaCoO3. The van der Waals surface area contributed by atoms with Gasteiger partial charge in [0.1, 0.15) is 0 Å². The predicted molar refractivity (Wildman–Crippen MR) is 19.2 cm³/mol. The molecule has 0 bridgehead atoms. The van der Waals surface area contributed by atoms with Gasteiger partial charge in [-0.05, 0) is 0 Å². The van der Waals surface area contributed by atoms with Crippen molar-refractivity contribution in [3.63, 3.8) is 0 Å². The van der Waals surface area contributed by atoms with Crippen LogP contribution in [0.15, 0.2) is 0 Å². The van der Waals surface area contributed by atoms with Crippen molar-refractivity contribution in [1.29, 1.82) is 0 Å². The molecule has 0 aliphatic rings. The third-order valence-electron chi connectivity index (χ3n) is 0. The van der Waals surface area contributed by atoms with Crippen molar-refractivity contribution in [1.82, 2.24) is 0 Å². The molecule has 0 saturated heterocycles. The average molecular weight is 163 g/mol. The van der Waals surface area contributed by atoms with Crippen LogP contribution in [0.4, 0.5) is 4.79 Å². The van der Waals surface area contributed by atoms with Gasteiger partial charge in [-0.2, -0.15) is 0 Å². The molecule has 0 fully saturated rings. The fraction of sp³-hybridized carbons (Fsp3) is 0. The summed E-state index contributed by atoms with van der Waals surface area (Å²) in [5.74, 6) is 0. The van der Waals surface area contributed by atoms with Crippen LogP contribution in [0.2, 0.25) is 0 Å². The molecule has 0 spiro atoms. The van der Waals surface area contributed by atoms with Crippen LogP contribution in [-0.2, 0) is 16.8 Å². The molecule has 0 aromatic heterocycles.